The van der Waals surface area contributed by atoms with E-state index in [1.54, 1.807) is 36.5 Å². The lowest BCUT2D eigenvalue weighted by Gasteiger charge is -2.09. The summed E-state index contributed by atoms with van der Waals surface area (Å²) in [6.07, 6.45) is 3.08. The minimum atomic E-state index is -2.61. The Labute approximate surface area is 134 Å². The van der Waals surface area contributed by atoms with Gasteiger partial charge in [-0.3, -0.25) is 0 Å². The van der Waals surface area contributed by atoms with Gasteiger partial charge in [0.2, 0.25) is 5.88 Å². The first kappa shape index (κ1) is 15.0. The summed E-state index contributed by atoms with van der Waals surface area (Å²) in [7, 11) is -2.61. The molecule has 1 aromatic carbocycles. The summed E-state index contributed by atoms with van der Waals surface area (Å²) < 4.78 is 21.9. The number of nitrogens with zero attached hydrogens (tertiary/aromatic N) is 2. The number of rotatable bonds is 3. The standard InChI is InChI=1S/C16H13N3O3S/c17-15-14(13-2-1-7-18-16(13)20)8-11(9-19-15)10-3-5-12(6-4-10)23(21)22/h1-9,23H,(H2,17,19)(H,18,20). The van der Waals surface area contributed by atoms with E-state index in [1.165, 1.54) is 18.3 Å². The maximum absolute atomic E-state index is 10.9. The molecule has 23 heavy (non-hydrogen) atoms. The van der Waals surface area contributed by atoms with Gasteiger partial charge in [-0.25, -0.2) is 18.4 Å². The van der Waals surface area contributed by atoms with Crippen molar-refractivity contribution in [1.29, 1.82) is 0 Å². The lowest BCUT2D eigenvalue weighted by molar-refractivity contribution is 0.455. The number of nitrogen functional groups attached to an aromatic ring is 1. The molecule has 0 aliphatic rings. The molecule has 7 heteroatoms. The molecule has 0 unspecified atom stereocenters. The van der Waals surface area contributed by atoms with Crippen LogP contribution in [-0.4, -0.2) is 23.5 Å². The van der Waals surface area contributed by atoms with E-state index in [1.807, 2.05) is 0 Å². The van der Waals surface area contributed by atoms with Gasteiger partial charge < -0.3 is 10.8 Å². The van der Waals surface area contributed by atoms with Gasteiger partial charge in [-0.1, -0.05) is 12.1 Å². The van der Waals surface area contributed by atoms with Crippen molar-refractivity contribution in [1.82, 2.24) is 9.97 Å². The third kappa shape index (κ3) is 3.00. The molecule has 2 aromatic heterocycles. The lowest BCUT2D eigenvalue weighted by Crippen LogP contribution is -1.96. The summed E-state index contributed by atoms with van der Waals surface area (Å²) in [5.41, 5.74) is 8.50. The van der Waals surface area contributed by atoms with Gasteiger partial charge in [-0.05, 0) is 35.9 Å². The molecular formula is C16H13N3O3S. The minimum absolute atomic E-state index is 0.128. The van der Waals surface area contributed by atoms with Crippen molar-refractivity contribution < 1.29 is 13.5 Å². The highest BCUT2D eigenvalue weighted by molar-refractivity contribution is 7.72. The number of aromatic hydroxyl groups is 1. The molecule has 0 aliphatic heterocycles. The maximum atomic E-state index is 10.9. The number of pyridine rings is 2. The van der Waals surface area contributed by atoms with E-state index in [9.17, 15) is 13.5 Å². The quantitative estimate of drug-likeness (QED) is 0.636. The van der Waals surface area contributed by atoms with Gasteiger partial charge in [0.15, 0.2) is 10.7 Å². The maximum Gasteiger partial charge on any atom is 0.218 e. The van der Waals surface area contributed by atoms with Gasteiger partial charge >= 0.3 is 0 Å². The Balaban J connectivity index is 2.09. The fraction of sp³-hybridized carbons (Fsp3) is 0. The van der Waals surface area contributed by atoms with Crippen LogP contribution in [0.3, 0.4) is 0 Å². The number of nitrogens with two attached hydrogens (primary N) is 1. The monoisotopic (exact) mass is 327 g/mol. The topological polar surface area (TPSA) is 106 Å². The number of hydrogen-bond acceptors (Lipinski definition) is 6. The van der Waals surface area contributed by atoms with E-state index in [2.05, 4.69) is 9.97 Å². The van der Waals surface area contributed by atoms with Crippen molar-refractivity contribution in [2.45, 2.75) is 4.90 Å². The van der Waals surface area contributed by atoms with E-state index < -0.39 is 10.7 Å². The summed E-state index contributed by atoms with van der Waals surface area (Å²) in [4.78, 5) is 8.23. The fourth-order valence-electron chi connectivity index (χ4n) is 2.23. The molecule has 0 radical (unpaired) electrons. The molecule has 2 heterocycles. The summed E-state index contributed by atoms with van der Waals surface area (Å²) in [5.74, 6) is 0.146. The molecule has 3 N–H and O–H groups in total. The Morgan fingerprint density at radius 2 is 1.70 bits per heavy atom. The zero-order chi connectivity index (χ0) is 16.4. The van der Waals surface area contributed by atoms with Crippen molar-refractivity contribution >= 4 is 16.5 Å². The van der Waals surface area contributed by atoms with Crippen molar-refractivity contribution in [2.75, 3.05) is 5.73 Å². The zero-order valence-electron chi connectivity index (χ0n) is 11.9. The van der Waals surface area contributed by atoms with Gasteiger partial charge in [0.1, 0.15) is 5.82 Å². The summed E-state index contributed by atoms with van der Waals surface area (Å²) in [6.45, 7) is 0. The molecule has 0 bridgehead atoms. The van der Waals surface area contributed by atoms with Gasteiger partial charge in [-0.15, -0.1) is 0 Å². The predicted molar refractivity (Wildman–Crippen MR) is 87.6 cm³/mol. The largest absolute Gasteiger partial charge is 0.493 e. The first-order valence-corrected chi connectivity index (χ1v) is 7.88. The summed E-state index contributed by atoms with van der Waals surface area (Å²) in [5, 5.41) is 9.89. The van der Waals surface area contributed by atoms with Crippen LogP contribution in [0.1, 0.15) is 0 Å². The molecule has 6 nitrogen and oxygen atoms in total. The van der Waals surface area contributed by atoms with Crippen LogP contribution in [0, 0.1) is 0 Å². The van der Waals surface area contributed by atoms with Crippen LogP contribution in [0.2, 0.25) is 0 Å². The molecule has 0 amide bonds. The highest BCUT2D eigenvalue weighted by Gasteiger charge is 2.11. The van der Waals surface area contributed by atoms with Gasteiger partial charge in [0.05, 0.1) is 4.90 Å². The van der Waals surface area contributed by atoms with E-state index in [-0.39, 0.29) is 16.6 Å². The molecule has 0 saturated carbocycles. The van der Waals surface area contributed by atoms with Crippen LogP contribution in [-0.2, 0) is 10.7 Å². The summed E-state index contributed by atoms with van der Waals surface area (Å²) in [6, 6.07) is 11.6. The summed E-state index contributed by atoms with van der Waals surface area (Å²) >= 11 is 0. The van der Waals surface area contributed by atoms with E-state index in [0.717, 1.165) is 11.1 Å². The van der Waals surface area contributed by atoms with E-state index >= 15 is 0 Å². The molecule has 0 saturated heterocycles. The molecule has 0 atom stereocenters. The van der Waals surface area contributed by atoms with Crippen molar-refractivity contribution in [3.8, 4) is 28.1 Å². The molecule has 3 aromatic rings. The van der Waals surface area contributed by atoms with E-state index in [0.29, 0.717) is 11.1 Å². The molecular weight excluding hydrogens is 314 g/mol. The second-order valence-electron chi connectivity index (χ2n) is 4.84. The highest BCUT2D eigenvalue weighted by atomic mass is 32.2. The average Bonchev–Trinajstić information content (AvgIpc) is 2.56. The van der Waals surface area contributed by atoms with Crippen LogP contribution in [0.25, 0.3) is 22.3 Å². The van der Waals surface area contributed by atoms with Crippen LogP contribution < -0.4 is 5.73 Å². The normalized spacial score (nSPS) is 10.8. The SMILES string of the molecule is Nc1ncc(-c2ccc([SH](=O)=O)cc2)cc1-c1cccnc1O. The average molecular weight is 327 g/mol. The first-order valence-electron chi connectivity index (χ1n) is 6.71. The Morgan fingerprint density at radius 1 is 0.957 bits per heavy atom. The van der Waals surface area contributed by atoms with E-state index in [4.69, 9.17) is 5.73 Å². The Kier molecular flexibility index (Phi) is 3.94. The first-order chi connectivity index (χ1) is 11.1. The zero-order valence-corrected chi connectivity index (χ0v) is 12.8. The number of benzene rings is 1. The third-order valence-electron chi connectivity index (χ3n) is 3.41. The lowest BCUT2D eigenvalue weighted by atomic mass is 10.0. The predicted octanol–water partition coefficient (Wildman–Crippen LogP) is 2.07. The van der Waals surface area contributed by atoms with Crippen molar-refractivity contribution in [3.05, 3.63) is 54.9 Å². The molecule has 116 valence electrons. The Bertz CT molecular complexity index is 930. The van der Waals surface area contributed by atoms with Crippen LogP contribution in [0.4, 0.5) is 5.82 Å². The van der Waals surface area contributed by atoms with Gasteiger partial charge in [0, 0.05) is 29.1 Å². The van der Waals surface area contributed by atoms with Gasteiger partial charge in [0.25, 0.3) is 0 Å². The second kappa shape index (κ2) is 6.05. The van der Waals surface area contributed by atoms with Gasteiger partial charge in [-0.2, -0.15) is 0 Å². The highest BCUT2D eigenvalue weighted by Crippen LogP contribution is 2.33. The molecule has 0 aliphatic carbocycles. The molecule has 3 rings (SSSR count). The smallest absolute Gasteiger partial charge is 0.218 e. The molecule has 0 fully saturated rings. The number of thiol groups is 1. The van der Waals surface area contributed by atoms with Crippen molar-refractivity contribution in [3.63, 3.8) is 0 Å². The van der Waals surface area contributed by atoms with Crippen LogP contribution in [0.5, 0.6) is 5.88 Å². The Morgan fingerprint density at radius 3 is 2.35 bits per heavy atom. The van der Waals surface area contributed by atoms with Crippen molar-refractivity contribution in [2.24, 2.45) is 0 Å². The Hall–Kier alpha value is -2.93. The molecule has 0 spiro atoms. The minimum Gasteiger partial charge on any atom is -0.493 e. The third-order valence-corrected chi connectivity index (χ3v) is 4.13. The fourth-order valence-corrected chi connectivity index (χ4v) is 2.62. The number of hydrogen-bond donors (Lipinski definition) is 3. The second-order valence-corrected chi connectivity index (χ2v) is 5.87. The number of aromatic nitrogens is 2. The number of anilines is 1. The van der Waals surface area contributed by atoms with Crippen LogP contribution in [0.15, 0.2) is 59.8 Å². The van der Waals surface area contributed by atoms with Crippen LogP contribution >= 0.6 is 0 Å².